The first-order chi connectivity index (χ1) is 9.76. The van der Waals surface area contributed by atoms with E-state index in [1.54, 1.807) is 0 Å². The predicted molar refractivity (Wildman–Crippen MR) is 74.3 cm³/mol. The number of ether oxygens (including phenoxy) is 1. The summed E-state index contributed by atoms with van der Waals surface area (Å²) in [5.74, 6) is 1.55. The first-order valence-electron chi connectivity index (χ1n) is 6.87. The highest BCUT2D eigenvalue weighted by Gasteiger charge is 2.61. The average Bonchev–Trinajstić information content (AvgIpc) is 3.13. The summed E-state index contributed by atoms with van der Waals surface area (Å²) in [4.78, 5) is 8.69. The van der Waals surface area contributed by atoms with Crippen LogP contribution in [-0.2, 0) is 23.0 Å². The zero-order valence-corrected chi connectivity index (χ0v) is 10.8. The maximum atomic E-state index is 5.86. The smallest absolute Gasteiger partial charge is 0.156 e. The molecule has 3 N–H and O–H groups in total. The van der Waals surface area contributed by atoms with Crippen molar-refractivity contribution in [2.75, 3.05) is 11.1 Å². The zero-order valence-electron chi connectivity index (χ0n) is 10.8. The fraction of sp³-hybridized carbons (Fsp3) is 0.333. The molecule has 20 heavy (non-hydrogen) atoms. The second-order valence-electron chi connectivity index (χ2n) is 5.91. The van der Waals surface area contributed by atoms with Gasteiger partial charge in [-0.1, -0.05) is 6.07 Å². The molecule has 1 aliphatic carbocycles. The normalized spacial score (nSPS) is 32.2. The third kappa shape index (κ3) is 1.21. The lowest BCUT2D eigenvalue weighted by Crippen LogP contribution is -2.40. The molecule has 2 aromatic rings. The highest BCUT2D eigenvalue weighted by Crippen LogP contribution is 2.54. The van der Waals surface area contributed by atoms with E-state index < -0.39 is 0 Å². The van der Waals surface area contributed by atoms with E-state index in [0.717, 1.165) is 18.7 Å². The van der Waals surface area contributed by atoms with E-state index in [0.29, 0.717) is 5.82 Å². The van der Waals surface area contributed by atoms with Gasteiger partial charge in [-0.3, -0.25) is 0 Å². The topological polar surface area (TPSA) is 76.4 Å². The molecule has 0 aromatic carbocycles. The van der Waals surface area contributed by atoms with Gasteiger partial charge in [-0.2, -0.15) is 0 Å². The Balaban J connectivity index is 1.69. The quantitative estimate of drug-likeness (QED) is 0.702. The SMILES string of the molecule is Nc1cc2c(cn1)CC1(C2)c2cccnc2NC2OC21. The van der Waals surface area contributed by atoms with Crippen LogP contribution in [0.2, 0.25) is 0 Å². The molecule has 4 heterocycles. The van der Waals surface area contributed by atoms with Gasteiger partial charge in [-0.25, -0.2) is 9.97 Å². The maximum absolute atomic E-state index is 5.86. The van der Waals surface area contributed by atoms with Crippen LogP contribution in [0, 0.1) is 0 Å². The standard InChI is InChI=1S/C15H14N4O/c16-11-4-8-5-15(6-9(8)7-18-11)10-2-1-3-17-13(10)19-14-12(15)20-14/h1-4,7,12,14H,5-6H2,(H2,16,18)(H,17,19). The summed E-state index contributed by atoms with van der Waals surface area (Å²) in [6.07, 6.45) is 5.98. The van der Waals surface area contributed by atoms with Gasteiger partial charge < -0.3 is 15.8 Å². The monoisotopic (exact) mass is 266 g/mol. The Morgan fingerprint density at radius 1 is 1.30 bits per heavy atom. The molecular weight excluding hydrogens is 252 g/mol. The summed E-state index contributed by atoms with van der Waals surface area (Å²) in [6.45, 7) is 0. The summed E-state index contributed by atoms with van der Waals surface area (Å²) in [5, 5.41) is 3.35. The largest absolute Gasteiger partial charge is 0.384 e. The van der Waals surface area contributed by atoms with Gasteiger partial charge in [-0.05, 0) is 36.1 Å². The molecule has 3 unspecified atom stereocenters. The predicted octanol–water partition coefficient (Wildman–Crippen LogP) is 1.25. The minimum absolute atomic E-state index is 0.00266. The Hall–Kier alpha value is -2.14. The van der Waals surface area contributed by atoms with Crippen molar-refractivity contribution in [3.63, 3.8) is 0 Å². The third-order valence-corrected chi connectivity index (χ3v) is 4.78. The van der Waals surface area contributed by atoms with Gasteiger partial charge in [0.1, 0.15) is 17.7 Å². The molecule has 1 fully saturated rings. The Bertz CT molecular complexity index is 732. The number of anilines is 2. The minimum Gasteiger partial charge on any atom is -0.384 e. The van der Waals surface area contributed by atoms with Crippen LogP contribution in [-0.4, -0.2) is 22.3 Å². The van der Waals surface area contributed by atoms with Crippen molar-refractivity contribution < 1.29 is 4.74 Å². The van der Waals surface area contributed by atoms with Crippen LogP contribution in [0.4, 0.5) is 11.6 Å². The number of epoxide rings is 1. The minimum atomic E-state index is -0.00266. The molecule has 1 spiro atoms. The lowest BCUT2D eigenvalue weighted by Gasteiger charge is -2.32. The Morgan fingerprint density at radius 3 is 3.15 bits per heavy atom. The lowest BCUT2D eigenvalue weighted by atomic mass is 9.73. The fourth-order valence-corrected chi connectivity index (χ4v) is 3.85. The molecule has 5 nitrogen and oxygen atoms in total. The molecule has 0 bridgehead atoms. The number of nitrogen functional groups attached to an aromatic ring is 1. The van der Waals surface area contributed by atoms with Gasteiger partial charge in [0.25, 0.3) is 0 Å². The molecule has 0 saturated carbocycles. The summed E-state index contributed by atoms with van der Waals surface area (Å²) in [7, 11) is 0. The molecule has 0 radical (unpaired) electrons. The Morgan fingerprint density at radius 2 is 2.20 bits per heavy atom. The second-order valence-corrected chi connectivity index (χ2v) is 5.91. The van der Waals surface area contributed by atoms with Crippen molar-refractivity contribution in [2.45, 2.75) is 30.6 Å². The first kappa shape index (κ1) is 10.6. The number of hydrogen-bond donors (Lipinski definition) is 2. The van der Waals surface area contributed by atoms with E-state index >= 15 is 0 Å². The number of nitrogens with zero attached hydrogens (tertiary/aromatic N) is 2. The van der Waals surface area contributed by atoms with Gasteiger partial charge in [0, 0.05) is 23.4 Å². The highest BCUT2D eigenvalue weighted by molar-refractivity contribution is 5.59. The van der Waals surface area contributed by atoms with Crippen LogP contribution in [0.5, 0.6) is 0 Å². The molecule has 3 aliphatic rings. The van der Waals surface area contributed by atoms with Crippen molar-refractivity contribution in [2.24, 2.45) is 0 Å². The van der Waals surface area contributed by atoms with E-state index in [9.17, 15) is 0 Å². The lowest BCUT2D eigenvalue weighted by molar-refractivity contribution is 0.290. The van der Waals surface area contributed by atoms with E-state index in [4.69, 9.17) is 10.5 Å². The highest BCUT2D eigenvalue weighted by atomic mass is 16.6. The van der Waals surface area contributed by atoms with Crippen molar-refractivity contribution in [3.05, 3.63) is 47.3 Å². The summed E-state index contributed by atoms with van der Waals surface area (Å²) in [6, 6.07) is 6.16. The number of pyridine rings is 2. The average molecular weight is 266 g/mol. The third-order valence-electron chi connectivity index (χ3n) is 4.78. The number of rotatable bonds is 0. The summed E-state index contributed by atoms with van der Waals surface area (Å²) >= 11 is 0. The van der Waals surface area contributed by atoms with Crippen LogP contribution >= 0.6 is 0 Å². The molecule has 0 amide bonds. The molecular formula is C15H14N4O. The van der Waals surface area contributed by atoms with Gasteiger partial charge in [0.05, 0.1) is 0 Å². The maximum Gasteiger partial charge on any atom is 0.156 e. The number of nitrogens with two attached hydrogens (primary N) is 1. The van der Waals surface area contributed by atoms with Crippen molar-refractivity contribution >= 4 is 11.6 Å². The van der Waals surface area contributed by atoms with E-state index in [1.165, 1.54) is 16.7 Å². The number of aromatic nitrogens is 2. The van der Waals surface area contributed by atoms with Crippen LogP contribution in [0.25, 0.3) is 0 Å². The van der Waals surface area contributed by atoms with Crippen LogP contribution in [0.1, 0.15) is 16.7 Å². The molecule has 2 aliphatic heterocycles. The molecule has 5 rings (SSSR count). The fourth-order valence-electron chi connectivity index (χ4n) is 3.85. The second kappa shape index (κ2) is 3.30. The van der Waals surface area contributed by atoms with Gasteiger partial charge in [-0.15, -0.1) is 0 Å². The molecule has 1 saturated heterocycles. The van der Waals surface area contributed by atoms with Gasteiger partial charge >= 0.3 is 0 Å². The number of nitrogens with one attached hydrogen (secondary N) is 1. The van der Waals surface area contributed by atoms with Gasteiger partial charge in [0.15, 0.2) is 6.23 Å². The molecule has 5 heteroatoms. The van der Waals surface area contributed by atoms with E-state index in [1.807, 2.05) is 24.5 Å². The zero-order chi connectivity index (χ0) is 13.3. The van der Waals surface area contributed by atoms with Crippen LogP contribution in [0.3, 0.4) is 0 Å². The van der Waals surface area contributed by atoms with Gasteiger partial charge in [0.2, 0.25) is 0 Å². The van der Waals surface area contributed by atoms with Crippen molar-refractivity contribution in [1.82, 2.24) is 9.97 Å². The van der Waals surface area contributed by atoms with Crippen molar-refractivity contribution in [1.29, 1.82) is 0 Å². The number of fused-ring (bicyclic) bond motifs is 5. The Kier molecular flexibility index (Phi) is 1.75. The van der Waals surface area contributed by atoms with Crippen LogP contribution in [0.15, 0.2) is 30.6 Å². The molecule has 100 valence electrons. The van der Waals surface area contributed by atoms with Crippen LogP contribution < -0.4 is 11.1 Å². The summed E-state index contributed by atoms with van der Waals surface area (Å²) in [5.41, 5.74) is 9.65. The summed E-state index contributed by atoms with van der Waals surface area (Å²) < 4.78 is 5.86. The molecule has 3 atom stereocenters. The first-order valence-corrected chi connectivity index (χ1v) is 6.87. The molecule has 2 aromatic heterocycles. The van der Waals surface area contributed by atoms with Crippen molar-refractivity contribution in [3.8, 4) is 0 Å². The van der Waals surface area contributed by atoms with E-state index in [-0.39, 0.29) is 17.7 Å². The Labute approximate surface area is 116 Å². The number of hydrogen-bond acceptors (Lipinski definition) is 5. The van der Waals surface area contributed by atoms with E-state index in [2.05, 4.69) is 21.4 Å².